The highest BCUT2D eigenvalue weighted by atomic mass is 16.2. The highest BCUT2D eigenvalue weighted by Crippen LogP contribution is 1.83. The molecule has 5 nitrogen and oxygen atoms in total. The fourth-order valence-corrected chi connectivity index (χ4v) is 0.555. The average Bonchev–Trinajstić information content (AvgIpc) is 2.13. The maximum atomic E-state index is 10.6. The molecule has 1 atom stereocenters. The zero-order valence-electron chi connectivity index (χ0n) is 5.03. The van der Waals surface area contributed by atoms with Crippen LogP contribution in [-0.2, 0) is 0 Å². The van der Waals surface area contributed by atoms with E-state index in [4.69, 9.17) is 5.73 Å². The Morgan fingerprint density at radius 2 is 2.67 bits per heavy atom. The molecule has 0 saturated heterocycles. The summed E-state index contributed by atoms with van der Waals surface area (Å²) in [6, 6.07) is 0. The van der Waals surface area contributed by atoms with Crippen LogP contribution in [0.25, 0.3) is 0 Å². The van der Waals surface area contributed by atoms with Crippen LogP contribution in [0.3, 0.4) is 0 Å². The molecule has 0 saturated carbocycles. The maximum absolute atomic E-state index is 10.6. The van der Waals surface area contributed by atoms with Gasteiger partial charge in [0.15, 0.2) is 0 Å². The Balaban J connectivity index is 3.08. The number of nitrogens with zero attached hydrogens (tertiary/aromatic N) is 2. The van der Waals surface area contributed by atoms with Crippen LogP contribution in [0.2, 0.25) is 0 Å². The van der Waals surface area contributed by atoms with Gasteiger partial charge in [0, 0.05) is 0 Å². The quantitative estimate of drug-likeness (QED) is 0.511. The van der Waals surface area contributed by atoms with Crippen molar-refractivity contribution in [3.63, 3.8) is 0 Å². The molecular weight excluding hydrogens is 120 g/mol. The lowest BCUT2D eigenvalue weighted by Crippen LogP contribution is -2.26. The molecule has 5 heteroatoms. The van der Waals surface area contributed by atoms with E-state index in [2.05, 4.69) is 10.1 Å². The fraction of sp³-hybridized carbons (Fsp3) is 0.500. The van der Waals surface area contributed by atoms with Gasteiger partial charge in [0.2, 0.25) is 0 Å². The zero-order valence-corrected chi connectivity index (χ0v) is 5.03. The summed E-state index contributed by atoms with van der Waals surface area (Å²) in [4.78, 5) is 13.0. The predicted molar refractivity (Wildman–Crippen MR) is 31.7 cm³/mol. The second-order valence-electron chi connectivity index (χ2n) is 1.78. The van der Waals surface area contributed by atoms with Gasteiger partial charge >= 0.3 is 5.69 Å². The number of H-pyrrole nitrogens is 1. The van der Waals surface area contributed by atoms with Crippen molar-refractivity contribution < 1.29 is 0 Å². The molecule has 0 aliphatic carbocycles. The van der Waals surface area contributed by atoms with Crippen LogP contribution < -0.4 is 11.4 Å². The molecule has 0 radical (unpaired) electrons. The lowest BCUT2D eigenvalue weighted by molar-refractivity contribution is 0.492. The lowest BCUT2D eigenvalue weighted by Gasteiger charge is -1.99. The molecule has 1 aromatic heterocycles. The van der Waals surface area contributed by atoms with E-state index < -0.39 is 0 Å². The molecule has 1 heterocycles. The van der Waals surface area contributed by atoms with Crippen molar-refractivity contribution in [1.82, 2.24) is 14.8 Å². The third-order valence-electron chi connectivity index (χ3n) is 0.964. The summed E-state index contributed by atoms with van der Waals surface area (Å²) < 4.78 is 1.17. The Bertz CT molecular complexity index is 235. The topological polar surface area (TPSA) is 76.7 Å². The average molecular weight is 128 g/mol. The number of hydrogen-bond donors (Lipinski definition) is 2. The van der Waals surface area contributed by atoms with Gasteiger partial charge in [-0.25, -0.2) is 4.79 Å². The summed E-state index contributed by atoms with van der Waals surface area (Å²) in [5.41, 5.74) is 5.07. The monoisotopic (exact) mass is 128 g/mol. The highest BCUT2D eigenvalue weighted by molar-refractivity contribution is 4.62. The Kier molecular flexibility index (Phi) is 1.35. The van der Waals surface area contributed by atoms with Gasteiger partial charge in [-0.2, -0.15) is 9.78 Å². The molecule has 3 N–H and O–H groups in total. The zero-order chi connectivity index (χ0) is 6.85. The van der Waals surface area contributed by atoms with Gasteiger partial charge in [-0.3, -0.25) is 4.98 Å². The van der Waals surface area contributed by atoms with Gasteiger partial charge in [-0.05, 0) is 6.92 Å². The smallest absolute Gasteiger partial charge is 0.310 e. The lowest BCUT2D eigenvalue weighted by atomic mass is 10.6. The molecule has 50 valence electrons. The second-order valence-corrected chi connectivity index (χ2v) is 1.78. The Morgan fingerprint density at radius 3 is 2.89 bits per heavy atom. The minimum absolute atomic E-state index is 0.273. The molecule has 0 bridgehead atoms. The van der Waals surface area contributed by atoms with Crippen LogP contribution in [-0.4, -0.2) is 14.8 Å². The molecule has 0 aromatic carbocycles. The number of rotatable bonds is 1. The van der Waals surface area contributed by atoms with Crippen molar-refractivity contribution in [3.8, 4) is 0 Å². The third kappa shape index (κ3) is 0.996. The van der Waals surface area contributed by atoms with Gasteiger partial charge < -0.3 is 5.73 Å². The van der Waals surface area contributed by atoms with Gasteiger partial charge in [0.1, 0.15) is 12.5 Å². The van der Waals surface area contributed by atoms with Crippen LogP contribution in [0.5, 0.6) is 0 Å². The molecule has 9 heavy (non-hydrogen) atoms. The van der Waals surface area contributed by atoms with Gasteiger partial charge in [0.25, 0.3) is 0 Å². The van der Waals surface area contributed by atoms with E-state index in [0.717, 1.165) is 0 Å². The maximum Gasteiger partial charge on any atom is 0.344 e. The summed E-state index contributed by atoms with van der Waals surface area (Å²) in [5.74, 6) is 0. The fourth-order valence-electron chi connectivity index (χ4n) is 0.555. The highest BCUT2D eigenvalue weighted by Gasteiger charge is 1.99. The first-order valence-corrected chi connectivity index (χ1v) is 2.59. The number of nitrogens with two attached hydrogens (primary N) is 1. The van der Waals surface area contributed by atoms with Crippen molar-refractivity contribution in [3.05, 3.63) is 16.8 Å². The minimum Gasteiger partial charge on any atom is -0.310 e. The van der Waals surface area contributed by atoms with E-state index in [1.807, 2.05) is 0 Å². The van der Waals surface area contributed by atoms with E-state index >= 15 is 0 Å². The summed E-state index contributed by atoms with van der Waals surface area (Å²) in [6.07, 6.45) is 0.954. The summed E-state index contributed by atoms with van der Waals surface area (Å²) in [7, 11) is 0. The molecule has 0 aliphatic rings. The van der Waals surface area contributed by atoms with E-state index in [1.54, 1.807) is 6.92 Å². The Labute approximate surface area is 51.5 Å². The van der Waals surface area contributed by atoms with Gasteiger partial charge in [-0.1, -0.05) is 0 Å². The predicted octanol–water partition coefficient (Wildman–Crippen LogP) is -0.951. The Hall–Kier alpha value is -1.10. The molecule has 0 spiro atoms. The summed E-state index contributed by atoms with van der Waals surface area (Å²) in [6.45, 7) is 1.68. The van der Waals surface area contributed by atoms with E-state index in [9.17, 15) is 4.79 Å². The first kappa shape index (κ1) is 6.03. The van der Waals surface area contributed by atoms with Crippen LogP contribution >= 0.6 is 0 Å². The molecule has 1 rings (SSSR count). The van der Waals surface area contributed by atoms with Crippen LogP contribution in [0.1, 0.15) is 13.1 Å². The van der Waals surface area contributed by atoms with Crippen molar-refractivity contribution in [2.45, 2.75) is 13.1 Å². The minimum atomic E-state index is -0.358. The molecule has 0 aliphatic heterocycles. The first-order valence-electron chi connectivity index (χ1n) is 2.59. The van der Waals surface area contributed by atoms with Crippen LogP contribution in [0, 0.1) is 0 Å². The van der Waals surface area contributed by atoms with Crippen LogP contribution in [0.15, 0.2) is 11.1 Å². The molecule has 1 aromatic rings. The number of aromatic amines is 1. The second kappa shape index (κ2) is 2.02. The van der Waals surface area contributed by atoms with Gasteiger partial charge in [-0.15, -0.1) is 0 Å². The molecule has 0 amide bonds. The standard InChI is InChI=1S/C4H8N4O/c1-3(5)8-4(9)6-2-7-8/h2-3H,5H2,1H3,(H,6,7,9). The van der Waals surface area contributed by atoms with E-state index in [1.165, 1.54) is 11.0 Å². The number of nitrogens with one attached hydrogen (secondary N) is 1. The van der Waals surface area contributed by atoms with Gasteiger partial charge in [0.05, 0.1) is 0 Å². The molecular formula is C4H8N4O. The first-order chi connectivity index (χ1) is 4.22. The van der Waals surface area contributed by atoms with E-state index in [-0.39, 0.29) is 11.9 Å². The van der Waals surface area contributed by atoms with Crippen molar-refractivity contribution in [2.75, 3.05) is 0 Å². The van der Waals surface area contributed by atoms with Crippen molar-refractivity contribution in [2.24, 2.45) is 5.73 Å². The number of hydrogen-bond acceptors (Lipinski definition) is 3. The third-order valence-corrected chi connectivity index (χ3v) is 0.964. The Morgan fingerprint density at radius 1 is 2.00 bits per heavy atom. The largest absolute Gasteiger partial charge is 0.344 e. The van der Waals surface area contributed by atoms with Crippen molar-refractivity contribution >= 4 is 0 Å². The van der Waals surface area contributed by atoms with Crippen LogP contribution in [0.4, 0.5) is 0 Å². The SMILES string of the molecule is CC(N)n1nc[nH]c1=O. The number of aromatic nitrogens is 3. The van der Waals surface area contributed by atoms with Crippen molar-refractivity contribution in [1.29, 1.82) is 0 Å². The molecule has 0 fully saturated rings. The van der Waals surface area contributed by atoms with E-state index in [0.29, 0.717) is 0 Å². The summed E-state index contributed by atoms with van der Waals surface area (Å²) >= 11 is 0. The summed E-state index contributed by atoms with van der Waals surface area (Å²) in [5, 5.41) is 3.64. The molecule has 1 unspecified atom stereocenters. The normalized spacial score (nSPS) is 13.6.